The number of carboxylic acid groups (broad SMARTS) is 1. The molecule has 0 aliphatic carbocycles. The lowest BCUT2D eigenvalue weighted by atomic mass is 10.1. The largest absolute Gasteiger partial charge is 0.872 e. The minimum atomic E-state index is -1.13. The highest BCUT2D eigenvalue weighted by molar-refractivity contribution is 5.99. The van der Waals surface area contributed by atoms with E-state index in [4.69, 9.17) is 5.11 Å². The number of fused-ring (bicyclic) bond motifs is 1. The van der Waals surface area contributed by atoms with Crippen molar-refractivity contribution in [2.24, 2.45) is 10.2 Å². The fraction of sp³-hybridized carbons (Fsp3) is 0.0625. The van der Waals surface area contributed by atoms with E-state index in [0.717, 1.165) is 0 Å². The highest BCUT2D eigenvalue weighted by atomic mass is 16.4. The molecule has 114 valence electrons. The number of azo groups is 1. The maximum absolute atomic E-state index is 12.0. The van der Waals surface area contributed by atoms with Gasteiger partial charge in [0, 0.05) is 6.20 Å². The van der Waals surface area contributed by atoms with Crippen LogP contribution < -0.4 is 5.11 Å². The first kappa shape index (κ1) is 14.6. The third kappa shape index (κ3) is 2.84. The van der Waals surface area contributed by atoms with E-state index in [0.29, 0.717) is 22.7 Å². The molecule has 1 N–H and O–H groups in total. The molecule has 0 bridgehead atoms. The predicted molar refractivity (Wildman–Crippen MR) is 81.3 cm³/mol. The van der Waals surface area contributed by atoms with Crippen molar-refractivity contribution < 1.29 is 15.0 Å². The number of benzene rings is 1. The lowest BCUT2D eigenvalue weighted by Crippen LogP contribution is -2.03. The van der Waals surface area contributed by atoms with Crippen LogP contribution in [-0.2, 0) is 0 Å². The minimum absolute atomic E-state index is 0.00610. The van der Waals surface area contributed by atoms with Crippen molar-refractivity contribution in [2.45, 2.75) is 6.92 Å². The fourth-order valence-electron chi connectivity index (χ4n) is 2.13. The fourth-order valence-corrected chi connectivity index (χ4v) is 2.13. The SMILES string of the molecule is Cc1nc2c(N=Nc3ccccn3)ccc([O-])c2cc1C(=O)O. The number of hydrogen-bond acceptors (Lipinski definition) is 6. The van der Waals surface area contributed by atoms with Crippen LogP contribution in [0.15, 0.2) is 52.8 Å². The Balaban J connectivity index is 2.15. The second-order valence-corrected chi connectivity index (χ2v) is 4.79. The van der Waals surface area contributed by atoms with E-state index in [1.807, 2.05) is 0 Å². The molecule has 0 atom stereocenters. The maximum atomic E-state index is 12.0. The molecule has 0 radical (unpaired) electrons. The van der Waals surface area contributed by atoms with E-state index >= 15 is 0 Å². The molecule has 0 aliphatic heterocycles. The Morgan fingerprint density at radius 2 is 2.04 bits per heavy atom. The first-order chi connectivity index (χ1) is 11.1. The number of hydrogen-bond donors (Lipinski definition) is 1. The molecule has 0 spiro atoms. The van der Waals surface area contributed by atoms with E-state index in [9.17, 15) is 9.90 Å². The zero-order chi connectivity index (χ0) is 16.4. The van der Waals surface area contributed by atoms with E-state index < -0.39 is 5.97 Å². The highest BCUT2D eigenvalue weighted by Crippen LogP contribution is 2.32. The number of aromatic carboxylic acids is 1. The molecule has 0 saturated carbocycles. The smallest absolute Gasteiger partial charge is 0.337 e. The third-order valence-corrected chi connectivity index (χ3v) is 3.25. The van der Waals surface area contributed by atoms with Crippen LogP contribution in [0.4, 0.5) is 11.5 Å². The predicted octanol–water partition coefficient (Wildman–Crippen LogP) is 3.13. The summed E-state index contributed by atoms with van der Waals surface area (Å²) < 4.78 is 0. The Kier molecular flexibility index (Phi) is 3.68. The number of aryl methyl sites for hydroxylation is 1. The lowest BCUT2D eigenvalue weighted by molar-refractivity contribution is -0.265. The molecule has 2 aromatic heterocycles. The summed E-state index contributed by atoms with van der Waals surface area (Å²) in [6.07, 6.45) is 1.59. The van der Waals surface area contributed by atoms with Crippen molar-refractivity contribution in [3.8, 4) is 5.75 Å². The summed E-state index contributed by atoms with van der Waals surface area (Å²) in [4.78, 5) is 19.4. The van der Waals surface area contributed by atoms with Gasteiger partial charge in [0.15, 0.2) is 5.82 Å². The Labute approximate surface area is 131 Å². The first-order valence-corrected chi connectivity index (χ1v) is 6.73. The van der Waals surface area contributed by atoms with Gasteiger partial charge in [0.25, 0.3) is 0 Å². The van der Waals surface area contributed by atoms with Gasteiger partial charge in [-0.25, -0.2) is 14.8 Å². The molecule has 0 unspecified atom stereocenters. The summed E-state index contributed by atoms with van der Waals surface area (Å²) in [5.74, 6) is -1.02. The monoisotopic (exact) mass is 307 g/mol. The van der Waals surface area contributed by atoms with Crippen molar-refractivity contribution in [2.75, 3.05) is 0 Å². The second-order valence-electron chi connectivity index (χ2n) is 4.79. The van der Waals surface area contributed by atoms with Gasteiger partial charge >= 0.3 is 5.97 Å². The van der Waals surface area contributed by atoms with Crippen LogP contribution in [-0.4, -0.2) is 21.0 Å². The van der Waals surface area contributed by atoms with E-state index in [1.54, 1.807) is 31.3 Å². The minimum Gasteiger partial charge on any atom is -0.872 e. The van der Waals surface area contributed by atoms with Crippen LogP contribution >= 0.6 is 0 Å². The van der Waals surface area contributed by atoms with Crippen molar-refractivity contribution in [3.05, 3.63) is 53.9 Å². The van der Waals surface area contributed by atoms with Gasteiger partial charge in [0.1, 0.15) is 5.69 Å². The molecule has 3 aromatic rings. The average Bonchev–Trinajstić information content (AvgIpc) is 2.54. The first-order valence-electron chi connectivity index (χ1n) is 6.73. The Hall–Kier alpha value is -3.35. The number of rotatable bonds is 3. The van der Waals surface area contributed by atoms with Gasteiger partial charge in [-0.15, -0.1) is 10.2 Å². The van der Waals surface area contributed by atoms with Crippen molar-refractivity contribution in [3.63, 3.8) is 0 Å². The maximum Gasteiger partial charge on any atom is 0.337 e. The van der Waals surface area contributed by atoms with Crippen LogP contribution in [0.1, 0.15) is 16.1 Å². The van der Waals surface area contributed by atoms with Gasteiger partial charge < -0.3 is 10.2 Å². The summed E-state index contributed by atoms with van der Waals surface area (Å²) >= 11 is 0. The number of pyridine rings is 2. The van der Waals surface area contributed by atoms with Crippen molar-refractivity contribution in [1.29, 1.82) is 0 Å². The van der Waals surface area contributed by atoms with Gasteiger partial charge in [-0.2, -0.15) is 0 Å². The number of nitrogens with zero attached hydrogens (tertiary/aromatic N) is 4. The Bertz CT molecular complexity index is 924. The average molecular weight is 307 g/mol. The summed E-state index contributed by atoms with van der Waals surface area (Å²) in [5.41, 5.74) is 1.00. The third-order valence-electron chi connectivity index (χ3n) is 3.25. The number of carboxylic acids is 1. The molecule has 23 heavy (non-hydrogen) atoms. The summed E-state index contributed by atoms with van der Waals surface area (Å²) in [6.45, 7) is 1.57. The second kappa shape index (κ2) is 5.80. The molecule has 3 rings (SSSR count). The van der Waals surface area contributed by atoms with E-state index in [2.05, 4.69) is 20.2 Å². The lowest BCUT2D eigenvalue weighted by Gasteiger charge is -2.12. The van der Waals surface area contributed by atoms with Crippen LogP contribution in [0.25, 0.3) is 10.9 Å². The molecule has 0 fully saturated rings. The van der Waals surface area contributed by atoms with E-state index in [-0.39, 0.29) is 16.7 Å². The van der Waals surface area contributed by atoms with Gasteiger partial charge in [-0.3, -0.25) is 0 Å². The Morgan fingerprint density at radius 3 is 2.74 bits per heavy atom. The standard InChI is InChI=1S/C16H12N4O3/c1-9-10(16(22)23)8-11-13(21)6-5-12(15(11)18-9)19-20-14-4-2-3-7-17-14/h2-8,21H,1H3,(H,22,23)/p-1. The van der Waals surface area contributed by atoms with Crippen LogP contribution in [0, 0.1) is 6.92 Å². The zero-order valence-corrected chi connectivity index (χ0v) is 12.1. The topological polar surface area (TPSA) is 111 Å². The van der Waals surface area contributed by atoms with Crippen LogP contribution in [0.3, 0.4) is 0 Å². The molecule has 0 saturated heterocycles. The molecule has 0 aliphatic rings. The number of aromatic nitrogens is 2. The summed E-state index contributed by atoms with van der Waals surface area (Å²) in [5, 5.41) is 29.4. The van der Waals surface area contributed by atoms with Crippen molar-refractivity contribution >= 4 is 28.4 Å². The summed E-state index contributed by atoms with van der Waals surface area (Å²) in [7, 11) is 0. The van der Waals surface area contributed by atoms with E-state index in [1.165, 1.54) is 18.2 Å². The molecule has 7 heteroatoms. The number of carbonyl (C=O) groups is 1. The normalized spacial score (nSPS) is 11.2. The van der Waals surface area contributed by atoms with Gasteiger partial charge in [0.05, 0.1) is 16.8 Å². The quantitative estimate of drug-likeness (QED) is 0.747. The van der Waals surface area contributed by atoms with Crippen LogP contribution in [0.5, 0.6) is 5.75 Å². The molecule has 1 aromatic carbocycles. The molecule has 7 nitrogen and oxygen atoms in total. The van der Waals surface area contributed by atoms with Gasteiger partial charge in [0.2, 0.25) is 0 Å². The summed E-state index contributed by atoms with van der Waals surface area (Å²) in [6, 6.07) is 9.37. The van der Waals surface area contributed by atoms with Gasteiger partial charge in [-0.1, -0.05) is 17.9 Å². The van der Waals surface area contributed by atoms with Gasteiger partial charge in [-0.05, 0) is 36.6 Å². The zero-order valence-electron chi connectivity index (χ0n) is 12.1. The highest BCUT2D eigenvalue weighted by Gasteiger charge is 2.12. The molecule has 2 heterocycles. The Morgan fingerprint density at radius 1 is 1.22 bits per heavy atom. The van der Waals surface area contributed by atoms with Crippen molar-refractivity contribution in [1.82, 2.24) is 9.97 Å². The van der Waals surface area contributed by atoms with Crippen LogP contribution in [0.2, 0.25) is 0 Å². The molecular formula is C16H11N4O3-. The molecule has 0 amide bonds. The molecular weight excluding hydrogens is 296 g/mol.